The maximum Gasteiger partial charge on any atom is 0.129 e. The van der Waals surface area contributed by atoms with Gasteiger partial charge in [-0.2, -0.15) is 0 Å². The van der Waals surface area contributed by atoms with Gasteiger partial charge in [0.2, 0.25) is 0 Å². The smallest absolute Gasteiger partial charge is 0.129 e. The Kier molecular flexibility index (Phi) is 6.98. The minimum atomic E-state index is -0.411. The van der Waals surface area contributed by atoms with Crippen molar-refractivity contribution in [1.82, 2.24) is 15.0 Å². The number of aromatic nitrogens is 3. The van der Waals surface area contributed by atoms with E-state index in [2.05, 4.69) is 28.7 Å². The van der Waals surface area contributed by atoms with E-state index in [9.17, 15) is 4.39 Å². The maximum atomic E-state index is 14.3. The third-order valence-electron chi connectivity index (χ3n) is 5.11. The molecule has 0 bridgehead atoms. The Balaban J connectivity index is 1.97. The van der Waals surface area contributed by atoms with E-state index in [-0.39, 0.29) is 5.83 Å². The Morgan fingerprint density at radius 1 is 1.40 bits per heavy atom. The van der Waals surface area contributed by atoms with Gasteiger partial charge < -0.3 is 15.3 Å². The number of imidazole rings is 1. The van der Waals surface area contributed by atoms with Crippen LogP contribution in [0.2, 0.25) is 0 Å². The normalized spacial score (nSPS) is 17.7. The van der Waals surface area contributed by atoms with Crippen molar-refractivity contribution in [3.05, 3.63) is 77.3 Å². The van der Waals surface area contributed by atoms with Crippen LogP contribution in [0.5, 0.6) is 0 Å². The molecule has 1 unspecified atom stereocenters. The highest BCUT2D eigenvalue weighted by atomic mass is 19.1. The van der Waals surface area contributed by atoms with Crippen LogP contribution in [0.1, 0.15) is 50.8 Å². The molecule has 2 N–H and O–H groups in total. The van der Waals surface area contributed by atoms with Gasteiger partial charge in [0.05, 0.1) is 17.7 Å². The largest absolute Gasteiger partial charge is 0.348 e. The summed E-state index contributed by atoms with van der Waals surface area (Å²) in [6.07, 6.45) is 9.79. The van der Waals surface area contributed by atoms with Crippen molar-refractivity contribution in [1.29, 1.82) is 5.41 Å². The molecule has 0 amide bonds. The lowest BCUT2D eigenvalue weighted by Crippen LogP contribution is -2.40. The number of nitrogens with one attached hydrogen (secondary N) is 2. The van der Waals surface area contributed by atoms with Crippen LogP contribution < -0.4 is 4.90 Å². The zero-order valence-electron chi connectivity index (χ0n) is 18.1. The number of allylic oxidation sites excluding steroid dienone is 5. The lowest BCUT2D eigenvalue weighted by molar-refractivity contribution is 0.626. The first-order valence-corrected chi connectivity index (χ1v) is 10.4. The molecule has 1 atom stereocenters. The van der Waals surface area contributed by atoms with Crippen LogP contribution in [0.4, 0.5) is 10.2 Å². The van der Waals surface area contributed by atoms with E-state index in [0.717, 1.165) is 35.7 Å². The highest BCUT2D eigenvalue weighted by Crippen LogP contribution is 2.33. The SMILES string of the molecule is C\C=C/C=C(F)\C(C)=C\C(=N)C1c2nc[nH]c2CCN1c1cccc(CC(C)C)n1. The van der Waals surface area contributed by atoms with Crippen molar-refractivity contribution in [2.45, 2.75) is 46.6 Å². The Hall–Kier alpha value is -3.02. The summed E-state index contributed by atoms with van der Waals surface area (Å²) in [6.45, 7) is 8.58. The fourth-order valence-electron chi connectivity index (χ4n) is 3.69. The monoisotopic (exact) mass is 407 g/mol. The van der Waals surface area contributed by atoms with Gasteiger partial charge in [0, 0.05) is 24.4 Å². The van der Waals surface area contributed by atoms with E-state index >= 15 is 0 Å². The van der Waals surface area contributed by atoms with Gasteiger partial charge in [-0.05, 0) is 56.0 Å². The predicted molar refractivity (Wildman–Crippen MR) is 121 cm³/mol. The Bertz CT molecular complexity index is 983. The number of rotatable bonds is 7. The van der Waals surface area contributed by atoms with Gasteiger partial charge in [0.25, 0.3) is 0 Å². The summed E-state index contributed by atoms with van der Waals surface area (Å²) in [4.78, 5) is 14.6. The molecular formula is C24H30FN5. The number of H-pyrrole nitrogens is 1. The van der Waals surface area contributed by atoms with Gasteiger partial charge in [-0.1, -0.05) is 32.1 Å². The van der Waals surface area contributed by atoms with E-state index in [1.807, 2.05) is 25.1 Å². The van der Waals surface area contributed by atoms with Crippen LogP contribution in [-0.2, 0) is 12.8 Å². The summed E-state index contributed by atoms with van der Waals surface area (Å²) >= 11 is 0. The number of hydrogen-bond acceptors (Lipinski definition) is 4. The predicted octanol–water partition coefficient (Wildman–Crippen LogP) is 5.50. The molecule has 2 aromatic rings. The van der Waals surface area contributed by atoms with Gasteiger partial charge in [-0.15, -0.1) is 0 Å². The fourth-order valence-corrected chi connectivity index (χ4v) is 3.69. The molecular weight excluding hydrogens is 377 g/mol. The lowest BCUT2D eigenvalue weighted by atomic mass is 9.96. The first kappa shape index (κ1) is 21.7. The highest BCUT2D eigenvalue weighted by Gasteiger charge is 2.33. The second-order valence-corrected chi connectivity index (χ2v) is 8.02. The van der Waals surface area contributed by atoms with Gasteiger partial charge in [0.15, 0.2) is 0 Å². The number of fused-ring (bicyclic) bond motifs is 1. The minimum Gasteiger partial charge on any atom is -0.348 e. The second-order valence-electron chi connectivity index (χ2n) is 8.02. The van der Waals surface area contributed by atoms with Gasteiger partial charge in [-0.3, -0.25) is 0 Å². The molecule has 3 rings (SSSR count). The maximum absolute atomic E-state index is 14.3. The molecule has 6 heteroatoms. The van der Waals surface area contributed by atoms with Crippen LogP contribution in [0, 0.1) is 11.3 Å². The molecule has 0 saturated heterocycles. The molecule has 0 radical (unpaired) electrons. The summed E-state index contributed by atoms with van der Waals surface area (Å²) in [6, 6.07) is 5.62. The van der Waals surface area contributed by atoms with Crippen LogP contribution in [0.15, 0.2) is 60.2 Å². The van der Waals surface area contributed by atoms with Crippen molar-refractivity contribution >= 4 is 11.5 Å². The number of pyridine rings is 1. The molecule has 1 aliphatic rings. The zero-order valence-corrected chi connectivity index (χ0v) is 18.1. The molecule has 158 valence electrons. The highest BCUT2D eigenvalue weighted by molar-refractivity contribution is 6.00. The minimum absolute atomic E-state index is 0.292. The average Bonchev–Trinajstić information content (AvgIpc) is 3.19. The first-order valence-electron chi connectivity index (χ1n) is 10.4. The fraction of sp³-hybridized carbons (Fsp3) is 0.375. The molecule has 2 aromatic heterocycles. The Morgan fingerprint density at radius 3 is 2.93 bits per heavy atom. The quantitative estimate of drug-likeness (QED) is 0.470. The van der Waals surface area contributed by atoms with E-state index in [0.29, 0.717) is 23.7 Å². The lowest BCUT2D eigenvalue weighted by Gasteiger charge is -2.36. The number of halogens is 1. The van der Waals surface area contributed by atoms with Gasteiger partial charge >= 0.3 is 0 Å². The number of anilines is 1. The second kappa shape index (κ2) is 9.65. The molecule has 5 nitrogen and oxygen atoms in total. The number of nitrogens with zero attached hydrogens (tertiary/aromatic N) is 3. The summed E-state index contributed by atoms with van der Waals surface area (Å²) < 4.78 is 14.3. The zero-order chi connectivity index (χ0) is 21.7. The van der Waals surface area contributed by atoms with Crippen LogP contribution in [-0.4, -0.2) is 27.2 Å². The summed E-state index contributed by atoms with van der Waals surface area (Å²) in [7, 11) is 0. The standard InChI is InChI=1S/C24H30FN5/c1-5-6-9-19(25)17(4)14-20(26)24-23-21(27-15-28-23)11-12-30(24)22-10-7-8-18(29-22)13-16(2)3/h5-10,14-16,24,26H,11-13H2,1-4H3,(H,27,28)/b6-5-,17-14+,19-9+,26-20?. The summed E-state index contributed by atoms with van der Waals surface area (Å²) in [5, 5.41) is 8.79. The van der Waals surface area contributed by atoms with Crippen LogP contribution >= 0.6 is 0 Å². The molecule has 0 spiro atoms. The number of hydrogen-bond donors (Lipinski definition) is 2. The van der Waals surface area contributed by atoms with E-state index in [1.54, 1.807) is 31.5 Å². The molecule has 0 aliphatic carbocycles. The van der Waals surface area contributed by atoms with Gasteiger partial charge in [0.1, 0.15) is 17.7 Å². The van der Waals surface area contributed by atoms with Crippen molar-refractivity contribution in [3.63, 3.8) is 0 Å². The number of aromatic amines is 1. The van der Waals surface area contributed by atoms with E-state index in [4.69, 9.17) is 10.4 Å². The van der Waals surface area contributed by atoms with Crippen LogP contribution in [0.25, 0.3) is 0 Å². The molecule has 0 saturated carbocycles. The Morgan fingerprint density at radius 2 is 2.20 bits per heavy atom. The Labute approximate surface area is 178 Å². The van der Waals surface area contributed by atoms with Crippen LogP contribution in [0.3, 0.4) is 0 Å². The van der Waals surface area contributed by atoms with E-state index < -0.39 is 6.04 Å². The third kappa shape index (κ3) is 4.93. The third-order valence-corrected chi connectivity index (χ3v) is 5.11. The van der Waals surface area contributed by atoms with Crippen molar-refractivity contribution in [3.8, 4) is 0 Å². The van der Waals surface area contributed by atoms with Crippen molar-refractivity contribution in [2.24, 2.45) is 5.92 Å². The topological polar surface area (TPSA) is 68.7 Å². The average molecular weight is 408 g/mol. The summed E-state index contributed by atoms with van der Waals surface area (Å²) in [5.74, 6) is 0.991. The first-order chi connectivity index (χ1) is 14.4. The molecule has 1 aliphatic heterocycles. The summed E-state index contributed by atoms with van der Waals surface area (Å²) in [5.41, 5.74) is 3.58. The molecule has 30 heavy (non-hydrogen) atoms. The molecule has 3 heterocycles. The van der Waals surface area contributed by atoms with Gasteiger partial charge in [-0.25, -0.2) is 14.4 Å². The van der Waals surface area contributed by atoms with E-state index in [1.165, 1.54) is 6.08 Å². The van der Waals surface area contributed by atoms with Crippen molar-refractivity contribution in [2.75, 3.05) is 11.4 Å². The molecule has 0 fully saturated rings. The molecule has 0 aromatic carbocycles. The van der Waals surface area contributed by atoms with Crippen molar-refractivity contribution < 1.29 is 4.39 Å².